The van der Waals surface area contributed by atoms with Gasteiger partial charge in [0.05, 0.1) is 11.3 Å². The smallest absolute Gasteiger partial charge is 0.278 e. The van der Waals surface area contributed by atoms with E-state index in [0.29, 0.717) is 5.92 Å². The third-order valence-electron chi connectivity index (χ3n) is 4.35. The predicted octanol–water partition coefficient (Wildman–Crippen LogP) is 5.71. The van der Waals surface area contributed by atoms with Crippen LogP contribution in [0.25, 0.3) is 0 Å². The van der Waals surface area contributed by atoms with E-state index in [4.69, 9.17) is 0 Å². The lowest BCUT2D eigenvalue weighted by molar-refractivity contribution is -0.136. The Labute approximate surface area is 129 Å². The maximum absolute atomic E-state index is 12.9. The van der Waals surface area contributed by atoms with Crippen molar-refractivity contribution >= 4 is 11.4 Å². The highest BCUT2D eigenvalue weighted by Crippen LogP contribution is 2.37. The van der Waals surface area contributed by atoms with Crippen LogP contribution < -0.4 is 5.43 Å². The molecule has 122 valence electrons. The minimum atomic E-state index is -4.37. The average Bonchev–Trinajstić information content (AvgIpc) is 2.44. The Kier molecular flexibility index (Phi) is 4.83. The molecule has 22 heavy (non-hydrogen) atoms. The first-order chi connectivity index (χ1) is 10.2. The SMILES string of the molecule is CC(C)(C)C1CCC(=NNc2ccccc2C(F)(F)F)CC1. The van der Waals surface area contributed by atoms with Crippen LogP contribution in [0, 0.1) is 11.3 Å². The van der Waals surface area contributed by atoms with E-state index >= 15 is 0 Å². The number of alkyl halides is 3. The van der Waals surface area contributed by atoms with Crippen molar-refractivity contribution in [3.05, 3.63) is 29.8 Å². The standard InChI is InChI=1S/C17H23F3N2/c1-16(2,3)12-8-10-13(11-9-12)21-22-15-7-5-4-6-14(15)17(18,19)20/h4-7,12,22H,8-11H2,1-3H3. The first kappa shape index (κ1) is 16.8. The van der Waals surface area contributed by atoms with Crippen LogP contribution in [0.1, 0.15) is 52.0 Å². The van der Waals surface area contributed by atoms with Crippen molar-refractivity contribution in [2.45, 2.75) is 52.6 Å². The molecule has 1 fully saturated rings. The fourth-order valence-electron chi connectivity index (χ4n) is 2.90. The van der Waals surface area contributed by atoms with Crippen molar-refractivity contribution < 1.29 is 13.2 Å². The minimum absolute atomic E-state index is 0.0143. The zero-order valence-electron chi connectivity index (χ0n) is 13.3. The van der Waals surface area contributed by atoms with Gasteiger partial charge in [-0.3, -0.25) is 5.43 Å². The number of halogens is 3. The molecule has 1 N–H and O–H groups in total. The van der Waals surface area contributed by atoms with Crippen LogP contribution in [0.2, 0.25) is 0 Å². The van der Waals surface area contributed by atoms with Crippen LogP contribution in [0.4, 0.5) is 18.9 Å². The molecule has 0 spiro atoms. The lowest BCUT2D eigenvalue weighted by Gasteiger charge is -2.34. The number of hydrazone groups is 1. The van der Waals surface area contributed by atoms with E-state index in [-0.39, 0.29) is 11.1 Å². The Morgan fingerprint density at radius 3 is 2.18 bits per heavy atom. The highest BCUT2D eigenvalue weighted by Gasteiger charge is 2.33. The van der Waals surface area contributed by atoms with Gasteiger partial charge in [-0.25, -0.2) is 0 Å². The number of benzene rings is 1. The molecule has 2 rings (SSSR count). The Balaban J connectivity index is 2.03. The molecule has 0 heterocycles. The van der Waals surface area contributed by atoms with Crippen LogP contribution in [-0.4, -0.2) is 5.71 Å². The van der Waals surface area contributed by atoms with Gasteiger partial charge in [-0.1, -0.05) is 32.9 Å². The number of anilines is 1. The highest BCUT2D eigenvalue weighted by atomic mass is 19.4. The third kappa shape index (κ3) is 4.24. The van der Waals surface area contributed by atoms with Gasteiger partial charge in [0.15, 0.2) is 0 Å². The lowest BCUT2D eigenvalue weighted by Crippen LogP contribution is -2.26. The van der Waals surface area contributed by atoms with Gasteiger partial charge in [0.2, 0.25) is 0 Å². The monoisotopic (exact) mass is 312 g/mol. The molecule has 0 amide bonds. The van der Waals surface area contributed by atoms with Crippen molar-refractivity contribution in [3.63, 3.8) is 0 Å². The largest absolute Gasteiger partial charge is 0.418 e. The number of hydrogen-bond acceptors (Lipinski definition) is 2. The number of para-hydroxylation sites is 1. The molecular weight excluding hydrogens is 289 g/mol. The number of nitrogens with one attached hydrogen (secondary N) is 1. The van der Waals surface area contributed by atoms with Gasteiger partial charge in [-0.2, -0.15) is 18.3 Å². The molecule has 0 aromatic heterocycles. The average molecular weight is 312 g/mol. The summed E-state index contributed by atoms with van der Waals surface area (Å²) < 4.78 is 38.7. The second-order valence-electron chi connectivity index (χ2n) is 6.97. The fraction of sp³-hybridized carbons (Fsp3) is 0.588. The topological polar surface area (TPSA) is 24.4 Å². The normalized spacial score (nSPS) is 19.9. The van der Waals surface area contributed by atoms with Crippen LogP contribution in [0.3, 0.4) is 0 Å². The molecule has 5 heteroatoms. The van der Waals surface area contributed by atoms with Crippen LogP contribution in [-0.2, 0) is 6.18 Å². The van der Waals surface area contributed by atoms with Crippen molar-refractivity contribution in [1.82, 2.24) is 0 Å². The minimum Gasteiger partial charge on any atom is -0.278 e. The number of rotatable bonds is 2. The molecule has 0 saturated heterocycles. The van der Waals surface area contributed by atoms with Gasteiger partial charge < -0.3 is 0 Å². The summed E-state index contributed by atoms with van der Waals surface area (Å²) >= 11 is 0. The molecule has 0 bridgehead atoms. The lowest BCUT2D eigenvalue weighted by atomic mass is 9.72. The van der Waals surface area contributed by atoms with Gasteiger partial charge in [0.25, 0.3) is 0 Å². The molecular formula is C17H23F3N2. The molecule has 0 unspecified atom stereocenters. The summed E-state index contributed by atoms with van der Waals surface area (Å²) in [4.78, 5) is 0. The van der Waals surface area contributed by atoms with Crippen LogP contribution in [0.5, 0.6) is 0 Å². The molecule has 2 nitrogen and oxygen atoms in total. The van der Waals surface area contributed by atoms with Crippen molar-refractivity contribution in [3.8, 4) is 0 Å². The quantitative estimate of drug-likeness (QED) is 0.695. The zero-order valence-corrected chi connectivity index (χ0v) is 13.3. The fourth-order valence-corrected chi connectivity index (χ4v) is 2.90. The Hall–Kier alpha value is -1.52. The Morgan fingerprint density at radius 1 is 1.05 bits per heavy atom. The summed E-state index contributed by atoms with van der Waals surface area (Å²) in [6.45, 7) is 6.70. The van der Waals surface area contributed by atoms with Gasteiger partial charge >= 0.3 is 6.18 Å². The Morgan fingerprint density at radius 2 is 1.64 bits per heavy atom. The predicted molar refractivity (Wildman–Crippen MR) is 83.9 cm³/mol. The third-order valence-corrected chi connectivity index (χ3v) is 4.35. The van der Waals surface area contributed by atoms with Gasteiger partial charge in [0, 0.05) is 5.71 Å². The number of nitrogens with zero attached hydrogens (tertiary/aromatic N) is 1. The highest BCUT2D eigenvalue weighted by molar-refractivity contribution is 5.85. The molecule has 1 aliphatic rings. The van der Waals surface area contributed by atoms with E-state index in [1.54, 1.807) is 6.07 Å². The van der Waals surface area contributed by atoms with Crippen molar-refractivity contribution in [2.24, 2.45) is 16.4 Å². The summed E-state index contributed by atoms with van der Waals surface area (Å²) in [5.41, 5.74) is 3.18. The van der Waals surface area contributed by atoms with E-state index in [2.05, 4.69) is 31.3 Å². The Bertz CT molecular complexity index is 532. The molecule has 0 atom stereocenters. The molecule has 1 saturated carbocycles. The van der Waals surface area contributed by atoms with Crippen molar-refractivity contribution in [1.29, 1.82) is 0 Å². The van der Waals surface area contributed by atoms with Crippen LogP contribution >= 0.6 is 0 Å². The summed E-state index contributed by atoms with van der Waals surface area (Å²) in [6, 6.07) is 5.44. The summed E-state index contributed by atoms with van der Waals surface area (Å²) in [7, 11) is 0. The van der Waals surface area contributed by atoms with E-state index in [9.17, 15) is 13.2 Å². The van der Waals surface area contributed by atoms with Crippen LogP contribution in [0.15, 0.2) is 29.4 Å². The van der Waals surface area contributed by atoms with Gasteiger partial charge in [-0.05, 0) is 49.1 Å². The van der Waals surface area contributed by atoms with E-state index in [1.807, 2.05) is 0 Å². The zero-order chi connectivity index (χ0) is 16.4. The molecule has 0 radical (unpaired) electrons. The van der Waals surface area contributed by atoms with Gasteiger partial charge in [-0.15, -0.1) is 0 Å². The van der Waals surface area contributed by atoms with E-state index in [1.165, 1.54) is 12.1 Å². The van der Waals surface area contributed by atoms with Crippen molar-refractivity contribution in [2.75, 3.05) is 5.43 Å². The number of hydrogen-bond donors (Lipinski definition) is 1. The summed E-state index contributed by atoms with van der Waals surface area (Å²) in [5, 5.41) is 4.21. The van der Waals surface area contributed by atoms with Gasteiger partial charge in [0.1, 0.15) is 0 Å². The first-order valence-corrected chi connectivity index (χ1v) is 7.65. The van der Waals surface area contributed by atoms with E-state index < -0.39 is 11.7 Å². The maximum Gasteiger partial charge on any atom is 0.418 e. The second-order valence-corrected chi connectivity index (χ2v) is 6.97. The second kappa shape index (κ2) is 6.31. The molecule has 0 aliphatic heterocycles. The summed E-state index contributed by atoms with van der Waals surface area (Å²) in [5.74, 6) is 0.647. The first-order valence-electron chi connectivity index (χ1n) is 7.65. The maximum atomic E-state index is 12.9. The molecule has 1 aliphatic carbocycles. The molecule has 1 aromatic rings. The summed E-state index contributed by atoms with van der Waals surface area (Å²) in [6.07, 6.45) is -0.574. The van der Waals surface area contributed by atoms with E-state index in [0.717, 1.165) is 37.5 Å². The molecule has 1 aromatic carbocycles.